The molecule has 1 fully saturated rings. The molecular weight excluding hydrogens is 322 g/mol. The molecule has 1 saturated heterocycles. The van der Waals surface area contributed by atoms with Crippen LogP contribution in [0.5, 0.6) is 0 Å². The molecule has 24 heavy (non-hydrogen) atoms. The molecule has 0 bridgehead atoms. The zero-order chi connectivity index (χ0) is 17.9. The van der Waals surface area contributed by atoms with Crippen LogP contribution in [0.15, 0.2) is 11.6 Å². The van der Waals surface area contributed by atoms with Gasteiger partial charge in [0.1, 0.15) is 0 Å². The van der Waals surface area contributed by atoms with Crippen molar-refractivity contribution in [2.75, 3.05) is 19.8 Å². The average Bonchev–Trinajstić information content (AvgIpc) is 2.52. The fraction of sp³-hybridized carbons (Fsp3) is 0.842. The van der Waals surface area contributed by atoms with E-state index in [1.165, 1.54) is 0 Å². The molecule has 2 rings (SSSR count). The molecule has 4 nitrogen and oxygen atoms in total. The molecule has 0 aromatic rings. The van der Waals surface area contributed by atoms with Gasteiger partial charge in [-0.15, -0.1) is 11.6 Å². The van der Waals surface area contributed by atoms with E-state index < -0.39 is 0 Å². The first-order valence-electron chi connectivity index (χ1n) is 9.31. The highest BCUT2D eigenvalue weighted by Gasteiger charge is 2.41. The zero-order valence-corrected chi connectivity index (χ0v) is 16.4. The smallest absolute Gasteiger partial charge is 0.240 e. The third-order valence-electron chi connectivity index (χ3n) is 5.64. The van der Waals surface area contributed by atoms with Gasteiger partial charge in [-0.05, 0) is 42.9 Å². The minimum atomic E-state index is -0.187. The van der Waals surface area contributed by atoms with Crippen molar-refractivity contribution in [2.45, 2.75) is 64.8 Å². The van der Waals surface area contributed by atoms with Crippen molar-refractivity contribution in [3.05, 3.63) is 11.6 Å². The summed E-state index contributed by atoms with van der Waals surface area (Å²) in [7, 11) is 0. The number of allylic oxidation sites excluding steroid dienone is 2. The van der Waals surface area contributed by atoms with Gasteiger partial charge >= 0.3 is 0 Å². The molecule has 0 spiro atoms. The van der Waals surface area contributed by atoms with Crippen molar-refractivity contribution < 1.29 is 4.79 Å². The number of carbonyl (C=O) groups excluding carboxylic acids is 1. The minimum absolute atomic E-state index is 0.100. The number of carbonyl (C=O) groups is 1. The van der Waals surface area contributed by atoms with Gasteiger partial charge in [0, 0.05) is 25.1 Å². The van der Waals surface area contributed by atoms with Crippen LogP contribution in [-0.4, -0.2) is 42.0 Å². The van der Waals surface area contributed by atoms with Gasteiger partial charge < -0.3 is 10.6 Å². The van der Waals surface area contributed by atoms with Crippen LogP contribution in [-0.2, 0) is 4.79 Å². The Bertz CT molecular complexity index is 475. The third-order valence-corrected chi connectivity index (χ3v) is 6.04. The normalized spacial score (nSPS) is 28.6. The average molecular weight is 356 g/mol. The second-order valence-electron chi connectivity index (χ2n) is 8.37. The van der Waals surface area contributed by atoms with Gasteiger partial charge in [-0.3, -0.25) is 10.1 Å². The number of hydrogen-bond donors (Lipinski definition) is 2. The fourth-order valence-electron chi connectivity index (χ4n) is 4.30. The SMILES string of the molecule is CC(C)[C@@H](NCN)C(=O)N1CCC(C2=CCC(Cl)CC2)C(C)(C)C1. The van der Waals surface area contributed by atoms with Crippen LogP contribution in [0, 0.1) is 17.3 Å². The van der Waals surface area contributed by atoms with E-state index in [0.717, 1.165) is 38.8 Å². The van der Waals surface area contributed by atoms with E-state index in [1.807, 2.05) is 4.90 Å². The molecule has 5 heteroatoms. The first kappa shape index (κ1) is 19.7. The summed E-state index contributed by atoms with van der Waals surface area (Å²) in [5, 5.41) is 3.45. The first-order valence-corrected chi connectivity index (χ1v) is 9.75. The molecule has 3 atom stereocenters. The zero-order valence-electron chi connectivity index (χ0n) is 15.6. The Morgan fingerprint density at radius 3 is 2.67 bits per heavy atom. The summed E-state index contributed by atoms with van der Waals surface area (Å²) in [5.74, 6) is 0.995. The number of halogens is 1. The van der Waals surface area contributed by atoms with Crippen LogP contribution in [0.25, 0.3) is 0 Å². The number of nitrogens with two attached hydrogens (primary N) is 1. The second kappa shape index (κ2) is 8.20. The van der Waals surface area contributed by atoms with Crippen molar-refractivity contribution >= 4 is 17.5 Å². The quantitative estimate of drug-likeness (QED) is 0.452. The van der Waals surface area contributed by atoms with E-state index in [1.54, 1.807) is 5.57 Å². The van der Waals surface area contributed by atoms with E-state index >= 15 is 0 Å². The van der Waals surface area contributed by atoms with Crippen molar-refractivity contribution in [1.82, 2.24) is 10.2 Å². The summed E-state index contributed by atoms with van der Waals surface area (Å²) in [6.45, 7) is 10.7. The molecule has 1 aliphatic heterocycles. The maximum atomic E-state index is 12.9. The molecular formula is C19H34ClN3O. The van der Waals surface area contributed by atoms with E-state index in [9.17, 15) is 4.79 Å². The highest BCUT2D eigenvalue weighted by molar-refractivity contribution is 6.20. The van der Waals surface area contributed by atoms with Crippen LogP contribution in [0.2, 0.25) is 0 Å². The number of alkyl halides is 1. The van der Waals surface area contributed by atoms with Crippen molar-refractivity contribution in [1.29, 1.82) is 0 Å². The summed E-state index contributed by atoms with van der Waals surface area (Å²) >= 11 is 6.24. The molecule has 0 aromatic heterocycles. The van der Waals surface area contributed by atoms with Crippen LogP contribution < -0.4 is 11.1 Å². The van der Waals surface area contributed by atoms with Gasteiger partial charge in [0.15, 0.2) is 0 Å². The largest absolute Gasteiger partial charge is 0.341 e. The van der Waals surface area contributed by atoms with Gasteiger partial charge in [0.05, 0.1) is 6.04 Å². The lowest BCUT2D eigenvalue weighted by molar-refractivity contribution is -0.138. The van der Waals surface area contributed by atoms with Crippen LogP contribution >= 0.6 is 11.6 Å². The lowest BCUT2D eigenvalue weighted by Crippen LogP contribution is -2.56. The predicted molar refractivity (Wildman–Crippen MR) is 101 cm³/mol. The van der Waals surface area contributed by atoms with Gasteiger partial charge in [-0.1, -0.05) is 39.3 Å². The predicted octanol–water partition coefficient (Wildman–Crippen LogP) is 3.11. The van der Waals surface area contributed by atoms with E-state index in [2.05, 4.69) is 39.1 Å². The summed E-state index contributed by atoms with van der Waals surface area (Å²) in [4.78, 5) is 15.0. The molecule has 1 amide bonds. The standard InChI is InChI=1S/C19H34ClN3O/c1-13(2)17(22-12-21)18(24)23-10-9-16(19(3,4)11-23)14-5-7-15(20)8-6-14/h5,13,15-17,22H,6-12,21H2,1-4H3/t15?,16?,17-/m1/s1. The number of rotatable bonds is 5. The number of amides is 1. The van der Waals surface area contributed by atoms with E-state index in [-0.39, 0.29) is 23.3 Å². The molecule has 2 aliphatic rings. The summed E-state index contributed by atoms with van der Waals surface area (Å²) in [6.07, 6.45) is 6.59. The molecule has 0 radical (unpaired) electrons. The van der Waals surface area contributed by atoms with E-state index in [4.69, 9.17) is 17.3 Å². The van der Waals surface area contributed by atoms with Crippen molar-refractivity contribution in [3.8, 4) is 0 Å². The molecule has 0 aromatic carbocycles. The molecule has 3 N–H and O–H groups in total. The summed E-state index contributed by atoms with van der Waals surface area (Å²) < 4.78 is 0. The number of nitrogens with zero attached hydrogens (tertiary/aromatic N) is 1. The number of piperidine rings is 1. The van der Waals surface area contributed by atoms with Crippen molar-refractivity contribution in [3.63, 3.8) is 0 Å². The Kier molecular flexibility index (Phi) is 6.74. The maximum absolute atomic E-state index is 12.9. The van der Waals surface area contributed by atoms with Crippen LogP contribution in [0.3, 0.4) is 0 Å². The Hall–Kier alpha value is -0.580. The first-order chi connectivity index (χ1) is 11.3. The summed E-state index contributed by atoms with van der Waals surface area (Å²) in [6, 6.07) is -0.187. The topological polar surface area (TPSA) is 58.4 Å². The van der Waals surface area contributed by atoms with Gasteiger partial charge in [0.25, 0.3) is 0 Å². The minimum Gasteiger partial charge on any atom is -0.341 e. The lowest BCUT2D eigenvalue weighted by atomic mass is 9.68. The number of likely N-dealkylation sites (tertiary alicyclic amines) is 1. The Morgan fingerprint density at radius 1 is 1.46 bits per heavy atom. The van der Waals surface area contributed by atoms with Gasteiger partial charge in [0.2, 0.25) is 5.91 Å². The van der Waals surface area contributed by atoms with Gasteiger partial charge in [-0.2, -0.15) is 0 Å². The molecule has 1 aliphatic carbocycles. The monoisotopic (exact) mass is 355 g/mol. The second-order valence-corrected chi connectivity index (χ2v) is 8.99. The number of hydrogen-bond acceptors (Lipinski definition) is 3. The van der Waals surface area contributed by atoms with Crippen molar-refractivity contribution in [2.24, 2.45) is 23.0 Å². The Labute approximate surface area is 152 Å². The van der Waals surface area contributed by atoms with E-state index in [0.29, 0.717) is 18.0 Å². The summed E-state index contributed by atoms with van der Waals surface area (Å²) in [5.41, 5.74) is 7.28. The lowest BCUT2D eigenvalue weighted by Gasteiger charge is -2.47. The third kappa shape index (κ3) is 4.53. The van der Waals surface area contributed by atoms with Crippen LogP contribution in [0.4, 0.5) is 0 Å². The molecule has 138 valence electrons. The number of nitrogens with one attached hydrogen (secondary N) is 1. The Morgan fingerprint density at radius 2 is 2.17 bits per heavy atom. The Balaban J connectivity index is 2.06. The highest BCUT2D eigenvalue weighted by Crippen LogP contribution is 2.43. The fourth-order valence-corrected chi connectivity index (χ4v) is 4.50. The molecule has 2 unspecified atom stereocenters. The molecule has 1 heterocycles. The van der Waals surface area contributed by atoms with Crippen LogP contribution in [0.1, 0.15) is 53.4 Å². The highest BCUT2D eigenvalue weighted by atomic mass is 35.5. The maximum Gasteiger partial charge on any atom is 0.240 e. The molecule has 0 saturated carbocycles. The van der Waals surface area contributed by atoms with Gasteiger partial charge in [-0.25, -0.2) is 0 Å².